The molecule has 0 bridgehead atoms. The van der Waals surface area contributed by atoms with E-state index < -0.39 is 17.5 Å². The Morgan fingerprint density at radius 2 is 1.78 bits per heavy atom. The van der Waals surface area contributed by atoms with Gasteiger partial charge in [-0.25, -0.2) is 8.78 Å². The third-order valence-electron chi connectivity index (χ3n) is 4.01. The van der Waals surface area contributed by atoms with Crippen LogP contribution in [0, 0.1) is 11.6 Å². The van der Waals surface area contributed by atoms with Gasteiger partial charge < -0.3 is 19.7 Å². The van der Waals surface area contributed by atoms with Crippen molar-refractivity contribution in [3.05, 3.63) is 59.7 Å². The Labute approximate surface area is 154 Å². The predicted molar refractivity (Wildman–Crippen MR) is 93.6 cm³/mol. The number of hydrogen-bond donors (Lipinski definition) is 1. The van der Waals surface area contributed by atoms with E-state index in [1.807, 2.05) is 0 Å². The quantitative estimate of drug-likeness (QED) is 0.871. The van der Waals surface area contributed by atoms with E-state index in [2.05, 4.69) is 5.32 Å². The van der Waals surface area contributed by atoms with Gasteiger partial charge in [-0.2, -0.15) is 0 Å². The second-order valence-corrected chi connectivity index (χ2v) is 5.88. The topological polar surface area (TPSA) is 67.9 Å². The highest BCUT2D eigenvalue weighted by Crippen LogP contribution is 2.18. The minimum atomic E-state index is -0.810. The summed E-state index contributed by atoms with van der Waals surface area (Å²) in [6.07, 6.45) is 0. The summed E-state index contributed by atoms with van der Waals surface area (Å²) in [6.45, 7) is 2.03. The van der Waals surface area contributed by atoms with E-state index in [9.17, 15) is 18.4 Å². The number of ether oxygens (including phenoxy) is 2. The molecule has 0 aromatic heterocycles. The molecule has 6 nitrogen and oxygen atoms in total. The number of amides is 2. The van der Waals surface area contributed by atoms with Crippen LogP contribution >= 0.6 is 0 Å². The Morgan fingerprint density at radius 3 is 2.48 bits per heavy atom. The Kier molecular flexibility index (Phi) is 5.97. The van der Waals surface area contributed by atoms with E-state index in [4.69, 9.17) is 9.47 Å². The zero-order chi connectivity index (χ0) is 19.2. The van der Waals surface area contributed by atoms with Gasteiger partial charge in [0.05, 0.1) is 18.8 Å². The van der Waals surface area contributed by atoms with Crippen LogP contribution < -0.4 is 10.1 Å². The minimum absolute atomic E-state index is 0.0970. The summed E-state index contributed by atoms with van der Waals surface area (Å²) < 4.78 is 37.4. The standard InChI is InChI=1S/C19H18F2N2O4/c20-13-1-6-17(21)16(11-13)19(25)22-14-2-4-15(5-3-14)27-12-18(24)23-7-9-26-10-8-23/h1-6,11H,7-10,12H2,(H,22,25). The molecule has 27 heavy (non-hydrogen) atoms. The Bertz CT molecular complexity index is 821. The lowest BCUT2D eigenvalue weighted by Crippen LogP contribution is -2.42. The minimum Gasteiger partial charge on any atom is -0.484 e. The number of halogens is 2. The van der Waals surface area contributed by atoms with Gasteiger partial charge in [-0.3, -0.25) is 9.59 Å². The van der Waals surface area contributed by atoms with E-state index in [-0.39, 0.29) is 18.1 Å². The number of nitrogens with one attached hydrogen (secondary N) is 1. The summed E-state index contributed by atoms with van der Waals surface area (Å²) in [5.41, 5.74) is 0.00181. The molecule has 0 aliphatic carbocycles. The average molecular weight is 376 g/mol. The smallest absolute Gasteiger partial charge is 0.260 e. The zero-order valence-corrected chi connectivity index (χ0v) is 14.4. The second-order valence-electron chi connectivity index (χ2n) is 5.88. The van der Waals surface area contributed by atoms with Gasteiger partial charge in [-0.05, 0) is 42.5 Å². The number of anilines is 1. The summed E-state index contributed by atoms with van der Waals surface area (Å²) >= 11 is 0. The molecular formula is C19H18F2N2O4. The van der Waals surface area contributed by atoms with Crippen molar-refractivity contribution < 1.29 is 27.8 Å². The van der Waals surface area contributed by atoms with Gasteiger partial charge in [0.2, 0.25) is 0 Å². The normalized spacial score (nSPS) is 13.9. The molecule has 0 atom stereocenters. The van der Waals surface area contributed by atoms with Crippen molar-refractivity contribution in [2.45, 2.75) is 0 Å². The summed E-state index contributed by atoms with van der Waals surface area (Å²) in [5.74, 6) is -1.95. The van der Waals surface area contributed by atoms with Crippen LogP contribution in [0.1, 0.15) is 10.4 Å². The number of morpholine rings is 1. The van der Waals surface area contributed by atoms with Gasteiger partial charge in [0.25, 0.3) is 11.8 Å². The molecule has 1 fully saturated rings. The number of carbonyl (C=O) groups excluding carboxylic acids is 2. The molecule has 0 radical (unpaired) electrons. The molecule has 1 N–H and O–H groups in total. The van der Waals surface area contributed by atoms with Crippen molar-refractivity contribution in [3.8, 4) is 5.75 Å². The van der Waals surface area contributed by atoms with Gasteiger partial charge in [0.1, 0.15) is 17.4 Å². The summed E-state index contributed by atoms with van der Waals surface area (Å²) in [7, 11) is 0. The van der Waals surface area contributed by atoms with Crippen molar-refractivity contribution in [2.75, 3.05) is 38.2 Å². The Morgan fingerprint density at radius 1 is 1.07 bits per heavy atom. The second kappa shape index (κ2) is 8.59. The molecule has 2 aromatic carbocycles. The fourth-order valence-electron chi connectivity index (χ4n) is 2.55. The molecule has 1 saturated heterocycles. The van der Waals surface area contributed by atoms with Crippen LogP contribution in [0.25, 0.3) is 0 Å². The largest absolute Gasteiger partial charge is 0.484 e. The van der Waals surface area contributed by atoms with Crippen molar-refractivity contribution in [3.63, 3.8) is 0 Å². The van der Waals surface area contributed by atoms with E-state index in [1.54, 1.807) is 29.2 Å². The number of rotatable bonds is 5. The van der Waals surface area contributed by atoms with Crippen molar-refractivity contribution >= 4 is 17.5 Å². The maximum absolute atomic E-state index is 13.6. The molecule has 142 valence electrons. The van der Waals surface area contributed by atoms with Crippen LogP contribution in [0.5, 0.6) is 5.75 Å². The molecule has 1 aliphatic rings. The summed E-state index contributed by atoms with van der Waals surface area (Å²) in [4.78, 5) is 25.7. The molecule has 1 aliphatic heterocycles. The fraction of sp³-hybridized carbons (Fsp3) is 0.263. The van der Waals surface area contributed by atoms with E-state index >= 15 is 0 Å². The van der Waals surface area contributed by atoms with Gasteiger partial charge in [0.15, 0.2) is 6.61 Å². The molecule has 2 aromatic rings. The fourth-order valence-corrected chi connectivity index (χ4v) is 2.55. The van der Waals surface area contributed by atoms with Crippen LogP contribution in [0.15, 0.2) is 42.5 Å². The molecule has 2 amide bonds. The maximum Gasteiger partial charge on any atom is 0.260 e. The zero-order valence-electron chi connectivity index (χ0n) is 14.4. The van der Waals surface area contributed by atoms with Crippen molar-refractivity contribution in [2.24, 2.45) is 0 Å². The highest BCUT2D eigenvalue weighted by Gasteiger charge is 2.17. The highest BCUT2D eigenvalue weighted by molar-refractivity contribution is 6.04. The van der Waals surface area contributed by atoms with Crippen LogP contribution in [0.3, 0.4) is 0 Å². The Hall–Kier alpha value is -3.00. The lowest BCUT2D eigenvalue weighted by Gasteiger charge is -2.26. The molecule has 1 heterocycles. The first-order valence-corrected chi connectivity index (χ1v) is 8.38. The van der Waals surface area contributed by atoms with E-state index in [0.717, 1.165) is 18.2 Å². The Balaban J connectivity index is 1.54. The lowest BCUT2D eigenvalue weighted by atomic mass is 10.2. The average Bonchev–Trinajstić information content (AvgIpc) is 2.69. The number of carbonyl (C=O) groups is 2. The monoisotopic (exact) mass is 376 g/mol. The first-order valence-electron chi connectivity index (χ1n) is 8.38. The molecule has 0 unspecified atom stereocenters. The maximum atomic E-state index is 13.6. The van der Waals surface area contributed by atoms with Gasteiger partial charge >= 0.3 is 0 Å². The summed E-state index contributed by atoms with van der Waals surface area (Å²) in [5, 5.41) is 2.48. The van der Waals surface area contributed by atoms with Crippen molar-refractivity contribution in [1.29, 1.82) is 0 Å². The molecule has 3 rings (SSSR count). The van der Waals surface area contributed by atoms with Crippen LogP contribution in [-0.4, -0.2) is 49.6 Å². The van der Waals surface area contributed by atoms with Gasteiger partial charge in [0, 0.05) is 18.8 Å². The first-order chi connectivity index (χ1) is 13.0. The molecule has 8 heteroatoms. The third-order valence-corrected chi connectivity index (χ3v) is 4.01. The van der Waals surface area contributed by atoms with Gasteiger partial charge in [-0.15, -0.1) is 0 Å². The predicted octanol–water partition coefficient (Wildman–Crippen LogP) is 2.45. The van der Waals surface area contributed by atoms with E-state index in [0.29, 0.717) is 37.7 Å². The lowest BCUT2D eigenvalue weighted by molar-refractivity contribution is -0.137. The van der Waals surface area contributed by atoms with E-state index in [1.165, 1.54) is 0 Å². The third kappa shape index (κ3) is 5.01. The van der Waals surface area contributed by atoms with Crippen LogP contribution in [-0.2, 0) is 9.53 Å². The SMILES string of the molecule is O=C(Nc1ccc(OCC(=O)N2CCOCC2)cc1)c1cc(F)ccc1F. The first kappa shape index (κ1) is 18.8. The number of benzene rings is 2. The van der Waals surface area contributed by atoms with Crippen molar-refractivity contribution in [1.82, 2.24) is 4.90 Å². The number of hydrogen-bond acceptors (Lipinski definition) is 4. The molecular weight excluding hydrogens is 358 g/mol. The summed E-state index contributed by atoms with van der Waals surface area (Å²) in [6, 6.07) is 8.91. The molecule has 0 saturated carbocycles. The number of nitrogens with zero attached hydrogens (tertiary/aromatic N) is 1. The van der Waals surface area contributed by atoms with Crippen LogP contribution in [0.4, 0.5) is 14.5 Å². The highest BCUT2D eigenvalue weighted by atomic mass is 19.1. The molecule has 0 spiro atoms. The van der Waals surface area contributed by atoms with Crippen LogP contribution in [0.2, 0.25) is 0 Å². The van der Waals surface area contributed by atoms with Gasteiger partial charge in [-0.1, -0.05) is 0 Å².